The van der Waals surface area contributed by atoms with Crippen LogP contribution < -0.4 is 15.8 Å². The Kier molecular flexibility index (Phi) is 5.43. The minimum atomic E-state index is -3.87. The largest absolute Gasteiger partial charge is 0.329 e. The predicted molar refractivity (Wildman–Crippen MR) is 101 cm³/mol. The van der Waals surface area contributed by atoms with Crippen LogP contribution in [0.4, 0.5) is 14.9 Å². The number of benzene rings is 2. The molecule has 1 aliphatic heterocycles. The third-order valence-electron chi connectivity index (χ3n) is 3.94. The predicted octanol–water partition coefficient (Wildman–Crippen LogP) is 1.00. The zero-order valence-electron chi connectivity index (χ0n) is 14.8. The van der Waals surface area contributed by atoms with Crippen molar-refractivity contribution < 1.29 is 27.2 Å². The van der Waals surface area contributed by atoms with Gasteiger partial charge in [0.05, 0.1) is 4.90 Å². The average Bonchev–Trinajstić information content (AvgIpc) is 2.91. The van der Waals surface area contributed by atoms with Gasteiger partial charge in [-0.3, -0.25) is 9.59 Å². The zero-order valence-corrected chi connectivity index (χ0v) is 15.6. The van der Waals surface area contributed by atoms with E-state index in [4.69, 9.17) is 5.14 Å². The van der Waals surface area contributed by atoms with Crippen LogP contribution in [-0.2, 0) is 19.6 Å². The molecule has 4 N–H and O–H groups in total. The maximum atomic E-state index is 13.7. The number of urea groups is 1. The van der Waals surface area contributed by atoms with Gasteiger partial charge in [-0.25, -0.2) is 27.6 Å². The second-order valence-electron chi connectivity index (χ2n) is 6.02. The number of hydrogen-bond acceptors (Lipinski definition) is 5. The van der Waals surface area contributed by atoms with Crippen LogP contribution in [0.15, 0.2) is 59.1 Å². The second-order valence-corrected chi connectivity index (χ2v) is 7.58. The summed E-state index contributed by atoms with van der Waals surface area (Å²) < 4.78 is 36.2. The Morgan fingerprint density at radius 1 is 1.14 bits per heavy atom. The van der Waals surface area contributed by atoms with Gasteiger partial charge in [0.1, 0.15) is 18.1 Å². The highest BCUT2D eigenvalue weighted by atomic mass is 32.2. The molecule has 1 saturated heterocycles. The smallest absolute Gasteiger partial charge is 0.325 e. The molecule has 9 nitrogen and oxygen atoms in total. The molecule has 3 rings (SSSR count). The maximum Gasteiger partial charge on any atom is 0.329 e. The quantitative estimate of drug-likeness (QED) is 0.491. The molecule has 0 spiro atoms. The third-order valence-corrected chi connectivity index (χ3v) is 4.86. The van der Waals surface area contributed by atoms with E-state index in [0.717, 1.165) is 0 Å². The summed E-state index contributed by atoms with van der Waals surface area (Å²) in [6.45, 7) is -0.587. The van der Waals surface area contributed by atoms with Crippen LogP contribution in [0.2, 0.25) is 0 Å². The Morgan fingerprint density at radius 3 is 2.41 bits per heavy atom. The molecule has 0 aromatic heterocycles. The summed E-state index contributed by atoms with van der Waals surface area (Å²) in [5.41, 5.74) is 0.194. The van der Waals surface area contributed by atoms with Crippen LogP contribution in [0.3, 0.4) is 0 Å². The van der Waals surface area contributed by atoms with Gasteiger partial charge in [-0.05, 0) is 36.4 Å². The number of nitrogens with one attached hydrogen (secondary N) is 2. The number of imide groups is 1. The number of sulfonamides is 1. The number of rotatable bonds is 5. The molecule has 29 heavy (non-hydrogen) atoms. The number of nitrogens with zero attached hydrogens (tertiary/aromatic N) is 1. The lowest BCUT2D eigenvalue weighted by Gasteiger charge is -2.12. The lowest BCUT2D eigenvalue weighted by molar-refractivity contribution is -0.127. The van der Waals surface area contributed by atoms with E-state index in [1.807, 2.05) is 0 Å². The van der Waals surface area contributed by atoms with Gasteiger partial charge in [-0.1, -0.05) is 18.2 Å². The van der Waals surface area contributed by atoms with Gasteiger partial charge >= 0.3 is 6.03 Å². The molecule has 2 aromatic carbocycles. The van der Waals surface area contributed by atoms with Gasteiger partial charge in [0.25, 0.3) is 5.91 Å². The van der Waals surface area contributed by atoms with Crippen molar-refractivity contribution >= 4 is 39.6 Å². The van der Waals surface area contributed by atoms with Gasteiger partial charge in [0.15, 0.2) is 0 Å². The normalized spacial score (nSPS) is 15.5. The zero-order chi connectivity index (χ0) is 21.2. The molecule has 1 fully saturated rings. The van der Waals surface area contributed by atoms with Crippen molar-refractivity contribution in [3.63, 3.8) is 0 Å². The van der Waals surface area contributed by atoms with Crippen molar-refractivity contribution in [2.75, 3.05) is 11.9 Å². The number of nitrogens with two attached hydrogens (primary N) is 1. The standard InChI is InChI=1S/C18H15FN4O5S/c19-14-4-2-1-3-11(14)9-15-17(25)23(18(26)22-15)10-16(24)21-12-5-7-13(8-6-12)29(20,27)28/h1-9H,10H2,(H,21,24)(H,22,26)(H2,20,27,28)/b15-9-. The summed E-state index contributed by atoms with van der Waals surface area (Å²) in [6.07, 6.45) is 1.18. The van der Waals surface area contributed by atoms with Crippen molar-refractivity contribution in [3.05, 3.63) is 65.6 Å². The van der Waals surface area contributed by atoms with Crippen molar-refractivity contribution in [2.45, 2.75) is 4.90 Å². The van der Waals surface area contributed by atoms with Gasteiger partial charge in [0.2, 0.25) is 15.9 Å². The van der Waals surface area contributed by atoms with Crippen LogP contribution in [0.25, 0.3) is 6.08 Å². The summed E-state index contributed by atoms with van der Waals surface area (Å²) in [7, 11) is -3.87. The molecule has 0 saturated carbocycles. The fraction of sp³-hybridized carbons (Fsp3) is 0.0556. The number of amides is 4. The van der Waals surface area contributed by atoms with Gasteiger partial charge in [-0.2, -0.15) is 0 Å². The number of halogens is 1. The molecule has 0 radical (unpaired) electrons. The topological polar surface area (TPSA) is 139 Å². The fourth-order valence-corrected chi connectivity index (χ4v) is 3.05. The van der Waals surface area contributed by atoms with E-state index in [1.54, 1.807) is 6.07 Å². The Bertz CT molecular complexity index is 1130. The highest BCUT2D eigenvalue weighted by Gasteiger charge is 2.35. The van der Waals surface area contributed by atoms with Crippen molar-refractivity contribution in [3.8, 4) is 0 Å². The summed E-state index contributed by atoms with van der Waals surface area (Å²) in [6, 6.07) is 9.91. The molecule has 0 atom stereocenters. The minimum Gasteiger partial charge on any atom is -0.325 e. The molecule has 1 heterocycles. The van der Waals surface area contributed by atoms with E-state index < -0.39 is 40.2 Å². The highest BCUT2D eigenvalue weighted by molar-refractivity contribution is 7.89. The van der Waals surface area contributed by atoms with E-state index >= 15 is 0 Å². The van der Waals surface area contributed by atoms with Crippen LogP contribution in [0, 0.1) is 5.82 Å². The molecule has 2 aromatic rings. The van der Waals surface area contributed by atoms with Crippen LogP contribution >= 0.6 is 0 Å². The van der Waals surface area contributed by atoms with Crippen LogP contribution in [0.5, 0.6) is 0 Å². The average molecular weight is 418 g/mol. The number of anilines is 1. The number of hydrogen-bond donors (Lipinski definition) is 3. The lowest BCUT2D eigenvalue weighted by atomic mass is 10.2. The summed E-state index contributed by atoms with van der Waals surface area (Å²) >= 11 is 0. The summed E-state index contributed by atoms with van der Waals surface area (Å²) in [5, 5.41) is 9.72. The number of carbonyl (C=O) groups is 3. The third kappa shape index (κ3) is 4.65. The molecule has 0 aliphatic carbocycles. The summed E-state index contributed by atoms with van der Waals surface area (Å²) in [5.74, 6) is -2.04. The molecular formula is C18H15FN4O5S. The molecule has 150 valence electrons. The Labute approximate surface area is 165 Å². The molecule has 4 amide bonds. The number of primary sulfonamides is 1. The Balaban J connectivity index is 1.68. The maximum absolute atomic E-state index is 13.7. The van der Waals surface area contributed by atoms with Crippen molar-refractivity contribution in [1.29, 1.82) is 0 Å². The Hall–Kier alpha value is -3.57. The van der Waals surface area contributed by atoms with Crippen LogP contribution in [0.1, 0.15) is 5.56 Å². The first-order chi connectivity index (χ1) is 13.6. The molecule has 11 heteroatoms. The van der Waals surface area contributed by atoms with E-state index in [-0.39, 0.29) is 21.8 Å². The molecular weight excluding hydrogens is 403 g/mol. The van der Waals surface area contributed by atoms with Crippen LogP contribution in [-0.4, -0.2) is 37.7 Å². The molecule has 1 aliphatic rings. The molecule has 0 bridgehead atoms. The second kappa shape index (κ2) is 7.81. The Morgan fingerprint density at radius 2 is 1.79 bits per heavy atom. The number of carbonyl (C=O) groups excluding carboxylic acids is 3. The molecule has 0 unspecified atom stereocenters. The van der Waals surface area contributed by atoms with E-state index in [2.05, 4.69) is 10.6 Å². The van der Waals surface area contributed by atoms with E-state index in [9.17, 15) is 27.2 Å². The van der Waals surface area contributed by atoms with Crippen molar-refractivity contribution in [2.24, 2.45) is 5.14 Å². The SMILES string of the molecule is NS(=O)(=O)c1ccc(NC(=O)CN2C(=O)N/C(=C\c3ccccc3F)C2=O)cc1. The fourth-order valence-electron chi connectivity index (χ4n) is 2.53. The first-order valence-corrected chi connectivity index (χ1v) is 9.71. The lowest BCUT2D eigenvalue weighted by Crippen LogP contribution is -2.38. The monoisotopic (exact) mass is 418 g/mol. The van der Waals surface area contributed by atoms with Gasteiger partial charge < -0.3 is 10.6 Å². The van der Waals surface area contributed by atoms with Crippen molar-refractivity contribution in [1.82, 2.24) is 10.2 Å². The first-order valence-electron chi connectivity index (χ1n) is 8.17. The minimum absolute atomic E-state index is 0.109. The highest BCUT2D eigenvalue weighted by Crippen LogP contribution is 2.17. The van der Waals surface area contributed by atoms with Gasteiger partial charge in [0, 0.05) is 11.3 Å². The summed E-state index contributed by atoms with van der Waals surface area (Å²) in [4.78, 5) is 37.1. The van der Waals surface area contributed by atoms with Gasteiger partial charge in [-0.15, -0.1) is 0 Å². The van der Waals surface area contributed by atoms with E-state index in [0.29, 0.717) is 4.90 Å². The van der Waals surface area contributed by atoms with E-state index in [1.165, 1.54) is 48.5 Å². The first kappa shape index (κ1) is 20.2.